The minimum atomic E-state index is -0.211. The smallest absolute Gasteiger partial charge is 0.262 e. The van der Waals surface area contributed by atoms with Gasteiger partial charge in [-0.3, -0.25) is 4.79 Å². The van der Waals surface area contributed by atoms with Crippen LogP contribution in [0.25, 0.3) is 0 Å². The van der Waals surface area contributed by atoms with E-state index in [0.29, 0.717) is 18.0 Å². The molecule has 170 valence electrons. The summed E-state index contributed by atoms with van der Waals surface area (Å²) in [6, 6.07) is 11.5. The summed E-state index contributed by atoms with van der Waals surface area (Å²) in [4.78, 5) is 12.4. The number of amides is 1. The summed E-state index contributed by atoms with van der Waals surface area (Å²) in [6.07, 6.45) is 7.61. The molecular formula is C25H35BrN2O3. The van der Waals surface area contributed by atoms with Crippen LogP contribution in [0.1, 0.15) is 56.6 Å². The maximum absolute atomic E-state index is 12.4. The summed E-state index contributed by atoms with van der Waals surface area (Å²) in [5, 5.41) is 6.35. The van der Waals surface area contributed by atoms with E-state index in [0.717, 1.165) is 34.3 Å². The summed E-state index contributed by atoms with van der Waals surface area (Å²) < 4.78 is 12.3. The van der Waals surface area contributed by atoms with Crippen LogP contribution in [0, 0.1) is 6.92 Å². The van der Waals surface area contributed by atoms with E-state index < -0.39 is 0 Å². The second-order valence-corrected chi connectivity index (χ2v) is 8.56. The Morgan fingerprint density at radius 1 is 1.00 bits per heavy atom. The number of benzene rings is 2. The zero-order chi connectivity index (χ0) is 22.5. The van der Waals surface area contributed by atoms with E-state index in [4.69, 9.17) is 9.47 Å². The number of methoxy groups -OCH3 is 1. The monoisotopic (exact) mass is 490 g/mol. The van der Waals surface area contributed by atoms with Crippen molar-refractivity contribution in [3.63, 3.8) is 0 Å². The summed E-state index contributed by atoms with van der Waals surface area (Å²) in [5.74, 6) is 0.992. The van der Waals surface area contributed by atoms with E-state index >= 15 is 0 Å². The second-order valence-electron chi connectivity index (χ2n) is 7.70. The van der Waals surface area contributed by atoms with E-state index in [-0.39, 0.29) is 12.5 Å². The minimum Gasteiger partial charge on any atom is -0.493 e. The standard InChI is InChI=1S/C25H35BrN2O3/c1-4-5-6-7-8-9-16-27-17-21-22(26)14-15-23(30-3)25(21)31-18-24(29)28-20-12-10-19(2)11-13-20/h10-15,27H,4-9,16-18H2,1-3H3,(H,28,29). The van der Waals surface area contributed by atoms with E-state index in [1.807, 2.05) is 43.3 Å². The van der Waals surface area contributed by atoms with Crippen LogP contribution in [-0.4, -0.2) is 26.2 Å². The van der Waals surface area contributed by atoms with Gasteiger partial charge in [0.1, 0.15) is 0 Å². The lowest BCUT2D eigenvalue weighted by molar-refractivity contribution is -0.118. The lowest BCUT2D eigenvalue weighted by Crippen LogP contribution is -2.22. The van der Waals surface area contributed by atoms with Gasteiger partial charge in [-0.2, -0.15) is 0 Å². The molecule has 0 bridgehead atoms. The maximum Gasteiger partial charge on any atom is 0.262 e. The molecule has 2 aromatic carbocycles. The molecule has 0 fully saturated rings. The first kappa shape index (κ1) is 25.2. The van der Waals surface area contributed by atoms with Crippen molar-refractivity contribution in [2.45, 2.75) is 58.9 Å². The van der Waals surface area contributed by atoms with Crippen LogP contribution in [0.15, 0.2) is 40.9 Å². The molecule has 0 spiro atoms. The van der Waals surface area contributed by atoms with Gasteiger partial charge in [0.05, 0.1) is 7.11 Å². The number of carbonyl (C=O) groups excluding carboxylic acids is 1. The highest BCUT2D eigenvalue weighted by atomic mass is 79.9. The molecule has 0 saturated heterocycles. The molecule has 0 unspecified atom stereocenters. The zero-order valence-electron chi connectivity index (χ0n) is 18.9. The molecule has 1 amide bonds. The molecule has 2 N–H and O–H groups in total. The molecular weight excluding hydrogens is 456 g/mol. The van der Waals surface area contributed by atoms with Crippen LogP contribution in [0.3, 0.4) is 0 Å². The molecule has 5 nitrogen and oxygen atoms in total. The van der Waals surface area contributed by atoms with Gasteiger partial charge in [0.2, 0.25) is 0 Å². The summed E-state index contributed by atoms with van der Waals surface area (Å²) in [6.45, 7) is 5.74. The quantitative estimate of drug-likeness (QED) is 0.308. The SMILES string of the molecule is CCCCCCCCNCc1c(Br)ccc(OC)c1OCC(=O)Nc1ccc(C)cc1. The van der Waals surface area contributed by atoms with Crippen LogP contribution >= 0.6 is 15.9 Å². The van der Waals surface area contributed by atoms with Gasteiger partial charge in [0.15, 0.2) is 18.1 Å². The number of hydrogen-bond donors (Lipinski definition) is 2. The van der Waals surface area contributed by atoms with Crippen LogP contribution in [0.2, 0.25) is 0 Å². The Balaban J connectivity index is 1.91. The Morgan fingerprint density at radius 2 is 1.71 bits per heavy atom. The number of halogens is 1. The number of unbranched alkanes of at least 4 members (excludes halogenated alkanes) is 5. The number of hydrogen-bond acceptors (Lipinski definition) is 4. The van der Waals surface area contributed by atoms with Gasteiger partial charge in [-0.25, -0.2) is 0 Å². The minimum absolute atomic E-state index is 0.0921. The van der Waals surface area contributed by atoms with E-state index in [1.165, 1.54) is 32.1 Å². The molecule has 0 radical (unpaired) electrons. The fraction of sp³-hybridized carbons (Fsp3) is 0.480. The third-order valence-electron chi connectivity index (χ3n) is 5.08. The number of anilines is 1. The van der Waals surface area contributed by atoms with Crippen molar-refractivity contribution >= 4 is 27.5 Å². The molecule has 0 atom stereocenters. The number of aryl methyl sites for hydroxylation is 1. The fourth-order valence-electron chi connectivity index (χ4n) is 3.28. The molecule has 31 heavy (non-hydrogen) atoms. The highest BCUT2D eigenvalue weighted by Gasteiger charge is 2.16. The molecule has 6 heteroatoms. The predicted molar refractivity (Wildman–Crippen MR) is 131 cm³/mol. The first-order chi connectivity index (χ1) is 15.0. The lowest BCUT2D eigenvalue weighted by atomic mass is 10.1. The lowest BCUT2D eigenvalue weighted by Gasteiger charge is -2.17. The Hall–Kier alpha value is -2.05. The van der Waals surface area contributed by atoms with Gasteiger partial charge in [0, 0.05) is 22.3 Å². The molecule has 0 aliphatic rings. The van der Waals surface area contributed by atoms with Gasteiger partial charge in [-0.1, -0.05) is 72.7 Å². The summed E-state index contributed by atoms with van der Waals surface area (Å²) >= 11 is 3.61. The largest absolute Gasteiger partial charge is 0.493 e. The number of nitrogens with one attached hydrogen (secondary N) is 2. The highest BCUT2D eigenvalue weighted by molar-refractivity contribution is 9.10. The molecule has 0 aromatic heterocycles. The Labute approximate surface area is 195 Å². The average molecular weight is 491 g/mol. The summed E-state index contributed by atoms with van der Waals surface area (Å²) in [5.41, 5.74) is 2.85. The van der Waals surface area contributed by atoms with Crippen molar-refractivity contribution in [3.8, 4) is 11.5 Å². The molecule has 2 aromatic rings. The fourth-order valence-corrected chi connectivity index (χ4v) is 3.73. The average Bonchev–Trinajstić information content (AvgIpc) is 2.77. The van der Waals surface area contributed by atoms with Crippen molar-refractivity contribution in [2.75, 3.05) is 25.6 Å². The van der Waals surface area contributed by atoms with Crippen molar-refractivity contribution in [2.24, 2.45) is 0 Å². The topological polar surface area (TPSA) is 59.6 Å². The summed E-state index contributed by atoms with van der Waals surface area (Å²) in [7, 11) is 1.61. The van der Waals surface area contributed by atoms with Gasteiger partial charge in [-0.05, 0) is 44.2 Å². The number of carbonyl (C=O) groups is 1. The van der Waals surface area contributed by atoms with E-state index in [9.17, 15) is 4.79 Å². The Kier molecular flexibility index (Phi) is 11.5. The third-order valence-corrected chi connectivity index (χ3v) is 5.82. The van der Waals surface area contributed by atoms with Crippen molar-refractivity contribution in [1.29, 1.82) is 0 Å². The van der Waals surface area contributed by atoms with E-state index in [2.05, 4.69) is 33.5 Å². The van der Waals surface area contributed by atoms with Gasteiger partial charge >= 0.3 is 0 Å². The van der Waals surface area contributed by atoms with Crippen LogP contribution in [0.4, 0.5) is 5.69 Å². The first-order valence-electron chi connectivity index (χ1n) is 11.1. The van der Waals surface area contributed by atoms with Crippen LogP contribution < -0.4 is 20.1 Å². The normalized spacial score (nSPS) is 10.7. The first-order valence-corrected chi connectivity index (χ1v) is 11.9. The molecule has 2 rings (SSSR count). The maximum atomic E-state index is 12.4. The van der Waals surface area contributed by atoms with Crippen molar-refractivity contribution in [1.82, 2.24) is 5.32 Å². The molecule has 0 aliphatic heterocycles. The van der Waals surface area contributed by atoms with Crippen molar-refractivity contribution < 1.29 is 14.3 Å². The molecule has 0 heterocycles. The predicted octanol–water partition coefficient (Wildman–Crippen LogP) is 6.23. The van der Waals surface area contributed by atoms with Crippen molar-refractivity contribution in [3.05, 3.63) is 52.0 Å². The van der Waals surface area contributed by atoms with E-state index in [1.54, 1.807) is 7.11 Å². The third kappa shape index (κ3) is 8.91. The highest BCUT2D eigenvalue weighted by Crippen LogP contribution is 2.36. The zero-order valence-corrected chi connectivity index (χ0v) is 20.5. The number of ether oxygens (including phenoxy) is 2. The van der Waals surface area contributed by atoms with Crippen LogP contribution in [0.5, 0.6) is 11.5 Å². The Bertz CT molecular complexity index is 809. The van der Waals surface area contributed by atoms with Gasteiger partial charge in [0.25, 0.3) is 5.91 Å². The second kappa shape index (κ2) is 14.1. The van der Waals surface area contributed by atoms with Gasteiger partial charge in [-0.15, -0.1) is 0 Å². The van der Waals surface area contributed by atoms with Crippen LogP contribution in [-0.2, 0) is 11.3 Å². The number of rotatable bonds is 14. The Morgan fingerprint density at radius 3 is 2.42 bits per heavy atom. The van der Waals surface area contributed by atoms with Gasteiger partial charge < -0.3 is 20.1 Å². The molecule has 0 saturated carbocycles. The molecule has 0 aliphatic carbocycles.